The fourth-order valence-electron chi connectivity index (χ4n) is 2.08. The number of likely N-dealkylation sites (N-methyl/N-ethyl adjacent to an activating group) is 2. The number of phosphoric ester groups is 1. The average molecular weight is 649 g/mol. The number of quaternary nitrogens is 2. The third-order valence-corrected chi connectivity index (χ3v) is 7.07. The largest absolute Gasteiger partial charge is 0.790 e. The molecule has 0 saturated carbocycles. The first-order valence-electron chi connectivity index (χ1n) is 12.2. The lowest BCUT2D eigenvalue weighted by atomic mass is 10.4. The molecule has 0 heterocycles. The van der Waals surface area contributed by atoms with Gasteiger partial charge in [-0.2, -0.15) is 0 Å². The van der Waals surface area contributed by atoms with Crippen LogP contribution in [0.3, 0.4) is 0 Å². The second-order valence-corrected chi connectivity index (χ2v) is 15.3. The molecule has 0 fully saturated rings. The van der Waals surface area contributed by atoms with Gasteiger partial charge in [0.05, 0.1) is 63.3 Å². The fraction of sp³-hybridized carbons (Fsp3) is 0.667. The first-order valence-corrected chi connectivity index (χ1v) is 16.7. The van der Waals surface area contributed by atoms with Crippen LogP contribution in [0.15, 0.2) is 24.3 Å². The number of rotatable bonds is 16. The minimum atomic E-state index is -4.67. The lowest BCUT2D eigenvalue weighted by Crippen LogP contribution is -2.39. The Hall–Kier alpha value is -1.43. The first kappa shape index (κ1) is 44.0. The van der Waals surface area contributed by atoms with E-state index in [9.17, 15) is 43.3 Å². The summed E-state index contributed by atoms with van der Waals surface area (Å²) in [5.41, 5.74) is 0.257. The predicted molar refractivity (Wildman–Crippen MR) is 155 cm³/mol. The lowest BCUT2D eigenvalue weighted by Gasteiger charge is -2.27. The number of carbonyl (C=O) groups is 4. The predicted octanol–water partition coefficient (Wildman–Crippen LogP) is 0.307. The molecule has 0 aromatic carbocycles. The van der Waals surface area contributed by atoms with Crippen LogP contribution in [0, 0.1) is 0 Å². The van der Waals surface area contributed by atoms with E-state index < -0.39 is 36.1 Å². The highest BCUT2D eigenvalue weighted by atomic mass is 31.2. The van der Waals surface area contributed by atoms with Crippen molar-refractivity contribution in [2.75, 3.05) is 87.5 Å². The Labute approximate surface area is 246 Å². The molecule has 0 saturated heterocycles. The van der Waals surface area contributed by atoms with Crippen molar-refractivity contribution in [1.29, 1.82) is 0 Å². The Balaban J connectivity index is -0.000000574. The molecule has 0 rings (SSSR count). The van der Waals surface area contributed by atoms with Crippen molar-refractivity contribution < 1.29 is 66.3 Å². The van der Waals surface area contributed by atoms with E-state index in [4.69, 9.17) is 9.47 Å². The van der Waals surface area contributed by atoms with Gasteiger partial charge in [0.1, 0.15) is 29.4 Å². The van der Waals surface area contributed by atoms with Gasteiger partial charge in [-0.15, -0.1) is 0 Å². The topological polar surface area (TPSA) is 200 Å². The lowest BCUT2D eigenvalue weighted by molar-refractivity contribution is -0.861. The zero-order chi connectivity index (χ0) is 33.2. The van der Waals surface area contributed by atoms with E-state index in [0.29, 0.717) is 20.1 Å². The Morgan fingerprint density at radius 1 is 0.756 bits per heavy atom. The summed E-state index contributed by atoms with van der Waals surface area (Å²) in [6.07, 6.45) is 0.375. The summed E-state index contributed by atoms with van der Waals surface area (Å²) < 4.78 is 23.7. The molecular formula is C24H47N2O12P3. The molecule has 2 unspecified atom stereocenters. The van der Waals surface area contributed by atoms with Gasteiger partial charge in [0.2, 0.25) is 11.0 Å². The maximum Gasteiger partial charge on any atom is 0.333 e. The van der Waals surface area contributed by atoms with E-state index in [2.05, 4.69) is 17.7 Å². The van der Waals surface area contributed by atoms with Crippen molar-refractivity contribution in [3.63, 3.8) is 0 Å². The van der Waals surface area contributed by atoms with Crippen molar-refractivity contribution in [3.05, 3.63) is 24.3 Å². The summed E-state index contributed by atoms with van der Waals surface area (Å²) >= 11 is 0. The molecule has 0 aromatic rings. The Kier molecular flexibility index (Phi) is 22.9. The van der Waals surface area contributed by atoms with Gasteiger partial charge in [-0.1, -0.05) is 13.2 Å². The summed E-state index contributed by atoms with van der Waals surface area (Å²) in [7, 11) is 3.16. The van der Waals surface area contributed by atoms with Gasteiger partial charge >= 0.3 is 11.9 Å². The zero-order valence-electron chi connectivity index (χ0n) is 25.6. The summed E-state index contributed by atoms with van der Waals surface area (Å²) in [6.45, 7) is 12.0. The molecule has 0 amide bonds. The van der Waals surface area contributed by atoms with Crippen molar-refractivity contribution in [1.82, 2.24) is 0 Å². The minimum Gasteiger partial charge on any atom is -0.790 e. The smallest absolute Gasteiger partial charge is 0.333 e. The number of ether oxygens (including phenoxy) is 2. The van der Waals surface area contributed by atoms with Gasteiger partial charge in [-0.25, -0.2) is 9.59 Å². The van der Waals surface area contributed by atoms with E-state index in [1.165, 1.54) is 6.92 Å². The van der Waals surface area contributed by atoms with Crippen molar-refractivity contribution in [3.8, 4) is 0 Å². The average Bonchev–Trinajstić information content (AvgIpc) is 2.76. The van der Waals surface area contributed by atoms with Crippen LogP contribution in [-0.2, 0) is 37.7 Å². The van der Waals surface area contributed by atoms with Crippen molar-refractivity contribution in [2.45, 2.75) is 20.8 Å². The second kappa shape index (κ2) is 21.3. The normalized spacial score (nSPS) is 12.8. The Morgan fingerprint density at radius 2 is 1.05 bits per heavy atom. The van der Waals surface area contributed by atoms with Gasteiger partial charge in [0.25, 0.3) is 0 Å². The van der Waals surface area contributed by atoms with Crippen LogP contribution in [0.4, 0.5) is 0 Å². The van der Waals surface area contributed by atoms with Gasteiger partial charge in [0.15, 0.2) is 0 Å². The van der Waals surface area contributed by atoms with Crippen LogP contribution in [-0.4, -0.2) is 129 Å². The molecule has 240 valence electrons. The molecular weight excluding hydrogens is 601 g/mol. The third kappa shape index (κ3) is 31.3. The molecule has 0 radical (unpaired) electrons. The molecule has 41 heavy (non-hydrogen) atoms. The molecule has 2 N–H and O–H groups in total. The highest BCUT2D eigenvalue weighted by Gasteiger charge is 2.23. The highest BCUT2D eigenvalue weighted by Crippen LogP contribution is 2.31. The molecule has 0 aliphatic carbocycles. The SMILES string of the molecule is C=C(C)C(=O)OCCP(O)C(=O)C[N+](C)(C)C.C=C(C)C(=O)OCCP(O)C(=O)C[N+](C)(C)C.CCOP(=O)([O-])[O-]. The molecule has 17 heteroatoms. The van der Waals surface area contributed by atoms with E-state index >= 15 is 0 Å². The van der Waals surface area contributed by atoms with Gasteiger partial charge in [-0.3, -0.25) is 9.59 Å². The Morgan fingerprint density at radius 3 is 1.22 bits per heavy atom. The van der Waals surface area contributed by atoms with Gasteiger partial charge in [-0.05, 0) is 20.8 Å². The minimum absolute atomic E-state index is 0.0524. The maximum absolute atomic E-state index is 11.6. The third-order valence-electron chi connectivity index (χ3n) is 3.85. The van der Waals surface area contributed by atoms with Gasteiger partial charge in [0, 0.05) is 30.1 Å². The van der Waals surface area contributed by atoms with E-state index in [1.54, 1.807) is 13.8 Å². The number of hydrogen-bond acceptors (Lipinski definition) is 12. The standard InChI is InChI=1S/2C11H21NO4P.C2H7O4P/c2*1-9(2)11(14)16-6-7-17(15)10(13)8-12(3,4)5;1-2-6-7(3,4)5/h2*15H,1,6-8H2,2-5H3;2H2,1H3,(H2,3,4,5)/q2*+1;/p-2. The second-order valence-electron chi connectivity index (χ2n) is 10.6. The van der Waals surface area contributed by atoms with Crippen LogP contribution in [0.2, 0.25) is 0 Å². The summed E-state index contributed by atoms with van der Waals surface area (Å²) in [5, 5.41) is 0. The number of phosphoric acid groups is 1. The number of esters is 2. The van der Waals surface area contributed by atoms with Crippen LogP contribution in [0.5, 0.6) is 0 Å². The molecule has 0 aromatic heterocycles. The van der Waals surface area contributed by atoms with E-state index in [1.807, 2.05) is 42.3 Å². The van der Waals surface area contributed by atoms with Crippen LogP contribution >= 0.6 is 24.1 Å². The quantitative estimate of drug-likeness (QED) is 0.101. The molecule has 0 aliphatic heterocycles. The first-order chi connectivity index (χ1) is 18.3. The van der Waals surface area contributed by atoms with Crippen molar-refractivity contribution >= 4 is 47.1 Å². The van der Waals surface area contributed by atoms with Crippen LogP contribution < -0.4 is 9.79 Å². The molecule has 0 aliphatic rings. The molecule has 2 atom stereocenters. The zero-order valence-corrected chi connectivity index (χ0v) is 28.3. The monoisotopic (exact) mass is 648 g/mol. The molecule has 14 nitrogen and oxygen atoms in total. The summed E-state index contributed by atoms with van der Waals surface area (Å²) in [4.78, 5) is 83.4. The van der Waals surface area contributed by atoms with Gasteiger partial charge < -0.3 is 47.1 Å². The highest BCUT2D eigenvalue weighted by molar-refractivity contribution is 7.70. The Bertz CT molecular complexity index is 862. The van der Waals surface area contributed by atoms with E-state index in [-0.39, 0.29) is 56.3 Å². The summed E-state index contributed by atoms with van der Waals surface area (Å²) in [5.74, 6) is -0.986. The molecule has 0 spiro atoms. The van der Waals surface area contributed by atoms with Crippen LogP contribution in [0.1, 0.15) is 20.8 Å². The number of carbonyl (C=O) groups excluding carboxylic acids is 4. The summed E-state index contributed by atoms with van der Waals surface area (Å²) in [6, 6.07) is 0. The number of nitrogens with zero attached hydrogens (tertiary/aromatic N) is 2. The fourth-order valence-corrected chi connectivity index (χ4v) is 4.60. The van der Waals surface area contributed by atoms with E-state index in [0.717, 1.165) is 0 Å². The van der Waals surface area contributed by atoms with Crippen LogP contribution in [0.25, 0.3) is 0 Å². The molecule has 0 bridgehead atoms. The number of hydrogen-bond donors (Lipinski definition) is 2. The maximum atomic E-state index is 11.6. The van der Waals surface area contributed by atoms with Crippen molar-refractivity contribution in [2.24, 2.45) is 0 Å².